The molecule has 19 heavy (non-hydrogen) atoms. The van der Waals surface area contributed by atoms with E-state index in [1.807, 2.05) is 0 Å². The van der Waals surface area contributed by atoms with Crippen LogP contribution in [0.25, 0.3) is 0 Å². The van der Waals surface area contributed by atoms with E-state index in [0.717, 1.165) is 4.90 Å². The van der Waals surface area contributed by atoms with Gasteiger partial charge in [-0.2, -0.15) is 26.3 Å². The molecule has 1 unspecified atom stereocenters. The maximum Gasteiger partial charge on any atom is 0.418 e. The first-order valence-electron chi connectivity index (χ1n) is 5.42. The van der Waals surface area contributed by atoms with Gasteiger partial charge in [-0.1, -0.05) is 6.92 Å². The summed E-state index contributed by atoms with van der Waals surface area (Å²) < 4.78 is 74.3. The smallest absolute Gasteiger partial charge is 0.379 e. The molecule has 0 saturated heterocycles. The number of alkyl halides is 6. The predicted molar refractivity (Wildman–Crippen MR) is 54.1 cm³/mol. The topological polar surface area (TPSA) is 23.5 Å². The van der Waals surface area contributed by atoms with Gasteiger partial charge in [-0.25, -0.2) is 0 Å². The Hall–Kier alpha value is -0.00649. The van der Waals surface area contributed by atoms with Gasteiger partial charge in [0.05, 0.1) is 6.42 Å². The van der Waals surface area contributed by atoms with Crippen LogP contribution >= 0.6 is 0 Å². The van der Waals surface area contributed by atoms with Crippen LogP contribution in [-0.2, 0) is 16.5 Å². The zero-order chi connectivity index (χ0) is 14.8. The van der Waals surface area contributed by atoms with Crippen molar-refractivity contribution < 1.29 is 47.9 Å². The molecule has 0 amide bonds. The van der Waals surface area contributed by atoms with E-state index in [1.165, 1.54) is 6.92 Å². The van der Waals surface area contributed by atoms with Crippen LogP contribution in [0.5, 0.6) is 0 Å². The van der Waals surface area contributed by atoms with Gasteiger partial charge in [0.2, 0.25) is 0 Å². The quantitative estimate of drug-likeness (QED) is 0.615. The van der Waals surface area contributed by atoms with Crippen molar-refractivity contribution >= 4 is 0 Å². The van der Waals surface area contributed by atoms with Crippen molar-refractivity contribution in [3.63, 3.8) is 0 Å². The van der Waals surface area contributed by atoms with Gasteiger partial charge in [-0.05, 0) is 20.4 Å². The number of halogens is 6. The third-order valence-corrected chi connectivity index (χ3v) is 2.62. The molecule has 0 heterocycles. The summed E-state index contributed by atoms with van der Waals surface area (Å²) in [6.45, 7) is 3.64. The summed E-state index contributed by atoms with van der Waals surface area (Å²) >= 11 is 0. The van der Waals surface area contributed by atoms with Crippen LogP contribution in [0.4, 0.5) is 26.3 Å². The first kappa shape index (κ1) is 21.3. The number of nitrogens with zero attached hydrogens (tertiary/aromatic N) is 1. The third-order valence-electron chi connectivity index (χ3n) is 2.62. The molecule has 1 atom stereocenters. The predicted octanol–water partition coefficient (Wildman–Crippen LogP) is 2.96. The Labute approximate surface area is 118 Å². The van der Waals surface area contributed by atoms with Crippen LogP contribution in [0.1, 0.15) is 27.2 Å². The summed E-state index contributed by atoms with van der Waals surface area (Å²) in [4.78, 5) is 1.14. The van der Waals surface area contributed by atoms with Gasteiger partial charge in [-0.3, -0.25) is 4.90 Å². The molecule has 0 aliphatic carbocycles. The molecule has 1 N–H and O–H groups in total. The van der Waals surface area contributed by atoms with Crippen LogP contribution in [0, 0.1) is 0 Å². The first-order chi connectivity index (χ1) is 7.82. The Kier molecular flexibility index (Phi) is 7.99. The third kappa shape index (κ3) is 6.81. The molecular weight excluding hydrogens is 323 g/mol. The second-order valence-electron chi connectivity index (χ2n) is 4.48. The largest absolute Gasteiger partial charge is 0.418 e. The Morgan fingerprint density at radius 3 is 1.68 bits per heavy atom. The molecule has 0 aromatic carbocycles. The normalized spacial score (nSPS) is 16.4. The van der Waals surface area contributed by atoms with Crippen molar-refractivity contribution in [3.8, 4) is 0 Å². The summed E-state index contributed by atoms with van der Waals surface area (Å²) in [5.41, 5.74) is -3.77. The molecule has 0 rings (SSSR count). The van der Waals surface area contributed by atoms with Gasteiger partial charge in [-0.15, -0.1) is 0 Å². The molecule has 0 spiro atoms. The van der Waals surface area contributed by atoms with Gasteiger partial charge in [0.1, 0.15) is 0 Å². The molecule has 0 aromatic rings. The van der Waals surface area contributed by atoms with E-state index in [0.29, 0.717) is 0 Å². The van der Waals surface area contributed by atoms with Gasteiger partial charge >= 0.3 is 12.4 Å². The van der Waals surface area contributed by atoms with E-state index in [4.69, 9.17) is 0 Å². The minimum Gasteiger partial charge on any atom is -0.379 e. The fourth-order valence-corrected chi connectivity index (χ4v) is 1.57. The summed E-state index contributed by atoms with van der Waals surface area (Å²) in [5, 5.41) is 9.35. The Balaban J connectivity index is 0. The van der Waals surface area contributed by atoms with Crippen molar-refractivity contribution in [3.05, 3.63) is 0 Å². The second-order valence-corrected chi connectivity index (χ2v) is 4.48. The fourth-order valence-electron chi connectivity index (χ4n) is 1.57. The molecule has 9 heteroatoms. The van der Waals surface area contributed by atoms with Gasteiger partial charge < -0.3 is 5.11 Å². The molecule has 0 saturated carbocycles. The van der Waals surface area contributed by atoms with E-state index >= 15 is 0 Å². The van der Waals surface area contributed by atoms with Crippen molar-refractivity contribution in [2.24, 2.45) is 0 Å². The number of rotatable bonds is 5. The minimum atomic E-state index is -5.33. The monoisotopic (exact) mass is 339 g/mol. The fraction of sp³-hybridized carbons (Fsp3) is 1.00. The molecule has 0 bridgehead atoms. The van der Waals surface area contributed by atoms with Crippen molar-refractivity contribution in [1.29, 1.82) is 0 Å². The molecule has 0 aliphatic heterocycles. The van der Waals surface area contributed by atoms with Crippen molar-refractivity contribution in [2.75, 3.05) is 13.1 Å². The van der Waals surface area contributed by atoms with E-state index in [-0.39, 0.29) is 23.0 Å². The zero-order valence-electron chi connectivity index (χ0n) is 10.7. The Morgan fingerprint density at radius 2 is 1.47 bits per heavy atom. The van der Waals surface area contributed by atoms with E-state index in [1.54, 1.807) is 13.8 Å². The summed E-state index contributed by atoms with van der Waals surface area (Å²) in [7, 11) is 0. The average Bonchev–Trinajstić information content (AvgIpc) is 2.08. The number of likely N-dealkylation sites (N-methyl/N-ethyl adjacent to an activating group) is 1. The number of hydrogen-bond donors (Lipinski definition) is 1. The van der Waals surface area contributed by atoms with Crippen LogP contribution in [0.2, 0.25) is 0 Å². The van der Waals surface area contributed by atoms with Crippen molar-refractivity contribution in [1.82, 2.24) is 4.90 Å². The van der Waals surface area contributed by atoms with Crippen LogP contribution < -0.4 is 0 Å². The van der Waals surface area contributed by atoms with Crippen LogP contribution in [0.15, 0.2) is 0 Å². The molecule has 0 aliphatic rings. The standard InChI is InChI=1S/C10H17F6NO.Ni/c1-4-17(7(2)3)6-8(18,10(14,15)16)5-9(11,12)13;/h7,18H,4-6H2,1-3H3;. The zero-order valence-corrected chi connectivity index (χ0v) is 11.7. The molecule has 0 fully saturated rings. The Bertz CT molecular complexity index is 268. The maximum atomic E-state index is 12.6. The molecule has 120 valence electrons. The maximum absolute atomic E-state index is 12.6. The molecule has 0 aromatic heterocycles. The summed E-state index contributed by atoms with van der Waals surface area (Å²) in [6, 6.07) is -0.392. The van der Waals surface area contributed by atoms with E-state index < -0.39 is 37.0 Å². The van der Waals surface area contributed by atoms with Crippen LogP contribution in [0.3, 0.4) is 0 Å². The number of hydrogen-bond acceptors (Lipinski definition) is 2. The van der Waals surface area contributed by atoms with E-state index in [9.17, 15) is 31.4 Å². The van der Waals surface area contributed by atoms with Crippen LogP contribution in [-0.4, -0.2) is 47.1 Å². The average molecular weight is 340 g/mol. The Morgan fingerprint density at radius 1 is 1.05 bits per heavy atom. The van der Waals surface area contributed by atoms with E-state index in [2.05, 4.69) is 0 Å². The van der Waals surface area contributed by atoms with Gasteiger partial charge in [0.25, 0.3) is 0 Å². The first-order valence-corrected chi connectivity index (χ1v) is 5.42. The van der Waals surface area contributed by atoms with Gasteiger partial charge in [0.15, 0.2) is 5.60 Å². The summed E-state index contributed by atoms with van der Waals surface area (Å²) in [5.74, 6) is 0. The van der Waals surface area contributed by atoms with Gasteiger partial charge in [0, 0.05) is 29.1 Å². The minimum absolute atomic E-state index is 0. The van der Waals surface area contributed by atoms with Crippen molar-refractivity contribution in [2.45, 2.75) is 51.2 Å². The molecular formula is C10H17F6NNiO. The molecule has 0 radical (unpaired) electrons. The second kappa shape index (κ2) is 7.13. The summed E-state index contributed by atoms with van der Waals surface area (Å²) in [6.07, 6.45) is -12.7. The number of aliphatic hydroxyl groups is 1. The molecule has 2 nitrogen and oxygen atoms in total. The SMILES string of the molecule is CCN(CC(O)(CC(F)(F)F)C(F)(F)F)C(C)C.[Ni].